The number of aryl methyl sites for hydroxylation is 2. The summed E-state index contributed by atoms with van der Waals surface area (Å²) in [7, 11) is 0. The lowest BCUT2D eigenvalue weighted by Gasteiger charge is -2.13. The van der Waals surface area contributed by atoms with E-state index in [2.05, 4.69) is 10.3 Å². The Labute approximate surface area is 217 Å². The van der Waals surface area contributed by atoms with Gasteiger partial charge in [0.05, 0.1) is 11.4 Å². The van der Waals surface area contributed by atoms with E-state index >= 15 is 0 Å². The van der Waals surface area contributed by atoms with E-state index in [-0.39, 0.29) is 17.2 Å². The van der Waals surface area contributed by atoms with Gasteiger partial charge in [-0.05, 0) is 66.9 Å². The van der Waals surface area contributed by atoms with Crippen LogP contribution in [0.15, 0.2) is 88.9 Å². The van der Waals surface area contributed by atoms with Crippen molar-refractivity contribution in [2.75, 3.05) is 11.1 Å². The summed E-state index contributed by atoms with van der Waals surface area (Å²) in [6.45, 7) is 4.03. The van der Waals surface area contributed by atoms with E-state index in [4.69, 9.17) is 16.6 Å². The summed E-state index contributed by atoms with van der Waals surface area (Å²) in [5.74, 6) is -0.0959. The van der Waals surface area contributed by atoms with Crippen molar-refractivity contribution >= 4 is 46.0 Å². The molecule has 0 saturated heterocycles. The molecule has 0 bridgehead atoms. The molecule has 2 aromatic heterocycles. The van der Waals surface area contributed by atoms with Gasteiger partial charge in [-0.25, -0.2) is 4.98 Å². The topological polar surface area (TPSA) is 79.8 Å². The number of rotatable bonds is 6. The highest BCUT2D eigenvalue weighted by molar-refractivity contribution is 7.99. The number of anilines is 1. The second-order valence-corrected chi connectivity index (χ2v) is 9.82. The van der Waals surface area contributed by atoms with Gasteiger partial charge in [-0.2, -0.15) is 0 Å². The molecule has 0 saturated carbocycles. The van der Waals surface area contributed by atoms with Gasteiger partial charge >= 0.3 is 0 Å². The molecular formula is C28H23ClN4O2S. The van der Waals surface area contributed by atoms with Crippen molar-refractivity contribution in [1.82, 2.24) is 14.5 Å². The van der Waals surface area contributed by atoms with Gasteiger partial charge in [0.25, 0.3) is 5.56 Å². The third kappa shape index (κ3) is 4.80. The van der Waals surface area contributed by atoms with Crippen LogP contribution in [-0.4, -0.2) is 26.2 Å². The molecule has 1 amide bonds. The number of carbonyl (C=O) groups is 1. The predicted octanol–water partition coefficient (Wildman–Crippen LogP) is 6.38. The van der Waals surface area contributed by atoms with E-state index in [1.54, 1.807) is 30.5 Å². The average Bonchev–Trinajstić information content (AvgIpc) is 3.31. The minimum atomic E-state index is -0.249. The average molecular weight is 515 g/mol. The van der Waals surface area contributed by atoms with Crippen molar-refractivity contribution in [3.05, 3.63) is 105 Å². The minimum absolute atomic E-state index is 0.0869. The van der Waals surface area contributed by atoms with Crippen LogP contribution in [0.1, 0.15) is 11.1 Å². The summed E-state index contributed by atoms with van der Waals surface area (Å²) in [6.07, 6.45) is 1.79. The maximum Gasteiger partial charge on any atom is 0.283 e. The van der Waals surface area contributed by atoms with Gasteiger partial charge in [0.15, 0.2) is 5.16 Å². The zero-order valence-electron chi connectivity index (χ0n) is 19.7. The first-order valence-electron chi connectivity index (χ1n) is 11.4. The first-order chi connectivity index (χ1) is 17.4. The predicted molar refractivity (Wildman–Crippen MR) is 147 cm³/mol. The number of carbonyl (C=O) groups excluding carboxylic acids is 1. The summed E-state index contributed by atoms with van der Waals surface area (Å²) in [4.78, 5) is 34.4. The molecule has 2 heterocycles. The normalized spacial score (nSPS) is 11.1. The molecule has 180 valence electrons. The second-order valence-electron chi connectivity index (χ2n) is 8.44. The maximum absolute atomic E-state index is 13.6. The van der Waals surface area contributed by atoms with Gasteiger partial charge in [0.1, 0.15) is 11.0 Å². The molecule has 5 rings (SSSR count). The van der Waals surface area contributed by atoms with Crippen LogP contribution in [0.2, 0.25) is 5.02 Å². The van der Waals surface area contributed by atoms with Crippen LogP contribution in [-0.2, 0) is 4.79 Å². The fraction of sp³-hybridized carbons (Fsp3) is 0.107. The molecule has 0 atom stereocenters. The maximum atomic E-state index is 13.6. The van der Waals surface area contributed by atoms with E-state index in [1.165, 1.54) is 16.3 Å². The third-order valence-electron chi connectivity index (χ3n) is 5.96. The molecule has 3 aromatic carbocycles. The van der Waals surface area contributed by atoms with E-state index in [9.17, 15) is 9.59 Å². The second kappa shape index (κ2) is 10.0. The van der Waals surface area contributed by atoms with Crippen molar-refractivity contribution in [3.63, 3.8) is 0 Å². The first-order valence-corrected chi connectivity index (χ1v) is 12.7. The zero-order valence-corrected chi connectivity index (χ0v) is 21.3. The summed E-state index contributed by atoms with van der Waals surface area (Å²) in [5.41, 5.74) is 6.10. The van der Waals surface area contributed by atoms with Crippen LogP contribution < -0.4 is 10.9 Å². The molecule has 0 aliphatic carbocycles. The van der Waals surface area contributed by atoms with Crippen LogP contribution in [0, 0.1) is 13.8 Å². The largest absolute Gasteiger partial charge is 0.355 e. The number of thioether (sulfide) groups is 1. The molecule has 8 heteroatoms. The molecule has 0 fully saturated rings. The molecule has 36 heavy (non-hydrogen) atoms. The number of aromatic nitrogens is 3. The van der Waals surface area contributed by atoms with Gasteiger partial charge in [-0.1, -0.05) is 59.8 Å². The SMILES string of the molecule is Cc1ccc(NC(=O)CSc2nc3c(-c4ccccc4)c[nH]c3c(=O)n2-c2ccc(Cl)cc2)cc1C. The number of nitrogens with zero attached hydrogens (tertiary/aromatic N) is 2. The van der Waals surface area contributed by atoms with Crippen molar-refractivity contribution in [1.29, 1.82) is 0 Å². The number of amides is 1. The van der Waals surface area contributed by atoms with Crippen LogP contribution in [0.25, 0.3) is 27.8 Å². The minimum Gasteiger partial charge on any atom is -0.355 e. The summed E-state index contributed by atoms with van der Waals surface area (Å²) >= 11 is 7.29. The molecule has 0 aliphatic heterocycles. The molecular weight excluding hydrogens is 492 g/mol. The van der Waals surface area contributed by atoms with E-state index in [1.807, 2.05) is 62.4 Å². The van der Waals surface area contributed by atoms with Crippen LogP contribution >= 0.6 is 23.4 Å². The van der Waals surface area contributed by atoms with Crippen LogP contribution in [0.5, 0.6) is 0 Å². The highest BCUT2D eigenvalue weighted by Gasteiger charge is 2.19. The van der Waals surface area contributed by atoms with Crippen molar-refractivity contribution < 1.29 is 4.79 Å². The standard InChI is InChI=1S/C28H23ClN4O2S/c1-17-8-11-21(14-18(17)2)31-24(34)16-36-28-32-25-23(19-6-4-3-5-7-19)15-30-26(25)27(35)33(28)22-12-9-20(29)10-13-22/h3-15,30H,16H2,1-2H3,(H,31,34). The number of aromatic amines is 1. The Kier molecular flexibility index (Phi) is 6.67. The fourth-order valence-corrected chi connectivity index (χ4v) is 4.87. The molecule has 0 spiro atoms. The Morgan fingerprint density at radius 1 is 1.03 bits per heavy atom. The number of hydrogen-bond donors (Lipinski definition) is 2. The lowest BCUT2D eigenvalue weighted by molar-refractivity contribution is -0.113. The number of nitrogens with one attached hydrogen (secondary N) is 2. The molecule has 0 unspecified atom stereocenters. The lowest BCUT2D eigenvalue weighted by Crippen LogP contribution is -2.23. The third-order valence-corrected chi connectivity index (χ3v) is 7.15. The van der Waals surface area contributed by atoms with E-state index in [0.29, 0.717) is 26.9 Å². The van der Waals surface area contributed by atoms with Gasteiger partial charge in [0, 0.05) is 22.5 Å². The van der Waals surface area contributed by atoms with Crippen molar-refractivity contribution in [2.45, 2.75) is 19.0 Å². The van der Waals surface area contributed by atoms with Crippen molar-refractivity contribution in [2.24, 2.45) is 0 Å². The number of H-pyrrole nitrogens is 1. The van der Waals surface area contributed by atoms with E-state index in [0.717, 1.165) is 27.9 Å². The van der Waals surface area contributed by atoms with Crippen LogP contribution in [0.3, 0.4) is 0 Å². The monoisotopic (exact) mass is 514 g/mol. The Balaban J connectivity index is 1.53. The Morgan fingerprint density at radius 3 is 2.50 bits per heavy atom. The van der Waals surface area contributed by atoms with Crippen molar-refractivity contribution in [3.8, 4) is 16.8 Å². The van der Waals surface area contributed by atoms with Gasteiger partial charge in [-0.15, -0.1) is 0 Å². The number of halogens is 1. The molecule has 0 aliphatic rings. The summed E-state index contributed by atoms with van der Waals surface area (Å²) in [5, 5.41) is 3.91. The highest BCUT2D eigenvalue weighted by atomic mass is 35.5. The highest BCUT2D eigenvalue weighted by Crippen LogP contribution is 2.29. The van der Waals surface area contributed by atoms with Gasteiger partial charge in [0.2, 0.25) is 5.91 Å². The quantitative estimate of drug-likeness (QED) is 0.203. The fourth-order valence-electron chi connectivity index (χ4n) is 3.94. The molecule has 5 aromatic rings. The van der Waals surface area contributed by atoms with E-state index < -0.39 is 0 Å². The summed E-state index contributed by atoms with van der Waals surface area (Å²) < 4.78 is 1.51. The molecule has 2 N–H and O–H groups in total. The Morgan fingerprint density at radius 2 is 1.78 bits per heavy atom. The van der Waals surface area contributed by atoms with Crippen LogP contribution in [0.4, 0.5) is 5.69 Å². The zero-order chi connectivity index (χ0) is 25.2. The molecule has 0 radical (unpaired) electrons. The Hall–Kier alpha value is -3.81. The summed E-state index contributed by atoms with van der Waals surface area (Å²) in [6, 6.07) is 22.5. The Bertz CT molecular complexity index is 1630. The molecule has 6 nitrogen and oxygen atoms in total. The van der Waals surface area contributed by atoms with Gasteiger partial charge in [-0.3, -0.25) is 14.2 Å². The smallest absolute Gasteiger partial charge is 0.283 e. The first kappa shape index (κ1) is 23.9. The number of benzene rings is 3. The van der Waals surface area contributed by atoms with Gasteiger partial charge < -0.3 is 10.3 Å². The number of fused-ring (bicyclic) bond motifs is 1. The lowest BCUT2D eigenvalue weighted by atomic mass is 10.1. The number of hydrogen-bond acceptors (Lipinski definition) is 4.